The zero-order valence-corrected chi connectivity index (χ0v) is 8.76. The van der Waals surface area contributed by atoms with Gasteiger partial charge < -0.3 is 10.1 Å². The highest BCUT2D eigenvalue weighted by Gasteiger charge is 1.97. The maximum atomic E-state index is 10.1. The minimum atomic E-state index is 0.554. The molecule has 0 spiro atoms. The average Bonchev–Trinajstić information content (AvgIpc) is 2.15. The Bertz CT molecular complexity index is 86.6. The van der Waals surface area contributed by atoms with Gasteiger partial charge in [0.2, 0.25) is 0 Å². The van der Waals surface area contributed by atoms with Crippen molar-refractivity contribution in [3.8, 4) is 0 Å². The Morgan fingerprint density at radius 1 is 1.42 bits per heavy atom. The second kappa shape index (κ2) is 13.2. The summed E-state index contributed by atoms with van der Waals surface area (Å²) in [7, 11) is 1.91. The summed E-state index contributed by atoms with van der Waals surface area (Å²) in [6.45, 7) is 9.45. The molecule has 0 radical (unpaired) electrons. The fraction of sp³-hybridized carbons (Fsp3) is 0.889. The number of hydrogen-bond donors (Lipinski definition) is 1. The SMILES string of the molecule is CC.CCN(CC=O)CCNC. The lowest BCUT2D eigenvalue weighted by molar-refractivity contribution is -0.108. The zero-order chi connectivity index (χ0) is 9.82. The first-order valence-corrected chi connectivity index (χ1v) is 4.65. The van der Waals surface area contributed by atoms with Gasteiger partial charge in [0, 0.05) is 13.1 Å². The number of aldehydes is 1. The average molecular weight is 174 g/mol. The van der Waals surface area contributed by atoms with Gasteiger partial charge in [0.05, 0.1) is 6.54 Å². The van der Waals surface area contributed by atoms with Gasteiger partial charge in [-0.1, -0.05) is 20.8 Å². The molecule has 0 saturated carbocycles. The predicted molar refractivity (Wildman–Crippen MR) is 53.5 cm³/mol. The van der Waals surface area contributed by atoms with Gasteiger partial charge in [-0.05, 0) is 13.6 Å². The topological polar surface area (TPSA) is 32.3 Å². The maximum absolute atomic E-state index is 10.1. The summed E-state index contributed by atoms with van der Waals surface area (Å²) in [5, 5.41) is 3.03. The zero-order valence-electron chi connectivity index (χ0n) is 8.76. The van der Waals surface area contributed by atoms with Gasteiger partial charge in [0.15, 0.2) is 0 Å². The predicted octanol–water partition coefficient (Wildman–Crippen LogP) is 0.753. The monoisotopic (exact) mass is 174 g/mol. The first-order valence-electron chi connectivity index (χ1n) is 4.65. The molecular weight excluding hydrogens is 152 g/mol. The summed E-state index contributed by atoms with van der Waals surface area (Å²) < 4.78 is 0. The summed E-state index contributed by atoms with van der Waals surface area (Å²) in [6, 6.07) is 0. The smallest absolute Gasteiger partial charge is 0.133 e. The van der Waals surface area contributed by atoms with E-state index >= 15 is 0 Å². The molecule has 0 aromatic heterocycles. The quantitative estimate of drug-likeness (QED) is 0.603. The van der Waals surface area contributed by atoms with Crippen LogP contribution in [0.4, 0.5) is 0 Å². The molecule has 0 amide bonds. The number of rotatable bonds is 6. The highest BCUT2D eigenvalue weighted by atomic mass is 16.1. The molecule has 74 valence electrons. The molecule has 0 aromatic carbocycles. The van der Waals surface area contributed by atoms with Crippen LogP contribution in [0.25, 0.3) is 0 Å². The van der Waals surface area contributed by atoms with Crippen molar-refractivity contribution >= 4 is 6.29 Å². The molecular formula is C9H22N2O. The molecule has 0 aromatic rings. The van der Waals surface area contributed by atoms with E-state index in [1.54, 1.807) is 0 Å². The molecule has 0 unspecified atom stereocenters. The van der Waals surface area contributed by atoms with Crippen molar-refractivity contribution in [1.82, 2.24) is 10.2 Å². The van der Waals surface area contributed by atoms with E-state index in [4.69, 9.17) is 0 Å². The lowest BCUT2D eigenvalue weighted by atomic mass is 10.4. The van der Waals surface area contributed by atoms with E-state index in [9.17, 15) is 4.79 Å². The summed E-state index contributed by atoms with van der Waals surface area (Å²) in [6.07, 6.45) is 0.944. The molecule has 0 aliphatic heterocycles. The fourth-order valence-corrected chi connectivity index (χ4v) is 0.754. The van der Waals surface area contributed by atoms with Crippen LogP contribution in [0.5, 0.6) is 0 Å². The molecule has 0 heterocycles. The Balaban J connectivity index is 0. The molecule has 0 aliphatic carbocycles. The second-order valence-corrected chi connectivity index (χ2v) is 2.16. The van der Waals surface area contributed by atoms with E-state index in [0.29, 0.717) is 6.54 Å². The first kappa shape index (κ1) is 14.1. The number of hydrogen-bond acceptors (Lipinski definition) is 3. The largest absolute Gasteiger partial charge is 0.318 e. The van der Waals surface area contributed by atoms with Crippen molar-refractivity contribution in [3.05, 3.63) is 0 Å². The van der Waals surface area contributed by atoms with Crippen LogP contribution in [0.3, 0.4) is 0 Å². The summed E-state index contributed by atoms with van der Waals surface area (Å²) in [4.78, 5) is 12.2. The van der Waals surface area contributed by atoms with Gasteiger partial charge in [-0.25, -0.2) is 0 Å². The summed E-state index contributed by atoms with van der Waals surface area (Å²) in [5.41, 5.74) is 0. The Morgan fingerprint density at radius 2 is 2.00 bits per heavy atom. The molecule has 0 rings (SSSR count). The lowest BCUT2D eigenvalue weighted by Gasteiger charge is -2.15. The fourth-order valence-electron chi connectivity index (χ4n) is 0.754. The van der Waals surface area contributed by atoms with Crippen molar-refractivity contribution in [2.45, 2.75) is 20.8 Å². The highest BCUT2D eigenvalue weighted by Crippen LogP contribution is 1.81. The number of carbonyl (C=O) groups excluding carboxylic acids is 1. The molecule has 0 aliphatic rings. The second-order valence-electron chi connectivity index (χ2n) is 2.16. The van der Waals surface area contributed by atoms with Gasteiger partial charge in [0.25, 0.3) is 0 Å². The molecule has 0 bridgehead atoms. The molecule has 0 atom stereocenters. The van der Waals surface area contributed by atoms with Crippen LogP contribution in [0, 0.1) is 0 Å². The molecule has 3 heteroatoms. The highest BCUT2D eigenvalue weighted by molar-refractivity contribution is 5.51. The molecule has 0 saturated heterocycles. The van der Waals surface area contributed by atoms with E-state index in [1.165, 1.54) is 0 Å². The summed E-state index contributed by atoms with van der Waals surface area (Å²) >= 11 is 0. The number of nitrogens with one attached hydrogen (secondary N) is 1. The molecule has 3 nitrogen and oxygen atoms in total. The van der Waals surface area contributed by atoms with E-state index in [2.05, 4.69) is 17.1 Å². The minimum Gasteiger partial charge on any atom is -0.318 e. The van der Waals surface area contributed by atoms with Gasteiger partial charge >= 0.3 is 0 Å². The maximum Gasteiger partial charge on any atom is 0.133 e. The summed E-state index contributed by atoms with van der Waals surface area (Å²) in [5.74, 6) is 0. The van der Waals surface area contributed by atoms with Crippen LogP contribution in [0.1, 0.15) is 20.8 Å². The van der Waals surface area contributed by atoms with Crippen molar-refractivity contribution in [2.24, 2.45) is 0 Å². The molecule has 1 N–H and O–H groups in total. The van der Waals surface area contributed by atoms with Crippen LogP contribution >= 0.6 is 0 Å². The minimum absolute atomic E-state index is 0.554. The van der Waals surface area contributed by atoms with Crippen molar-refractivity contribution in [3.63, 3.8) is 0 Å². The Morgan fingerprint density at radius 3 is 2.33 bits per heavy atom. The first-order chi connectivity index (χ1) is 5.85. The third-order valence-electron chi connectivity index (χ3n) is 1.46. The van der Waals surface area contributed by atoms with E-state index in [0.717, 1.165) is 25.9 Å². The van der Waals surface area contributed by atoms with Gasteiger partial charge in [0.1, 0.15) is 6.29 Å². The normalized spacial score (nSPS) is 9.08. The van der Waals surface area contributed by atoms with Crippen LogP contribution in [0.2, 0.25) is 0 Å². The van der Waals surface area contributed by atoms with E-state index in [-0.39, 0.29) is 0 Å². The molecule has 12 heavy (non-hydrogen) atoms. The molecule has 0 fully saturated rings. The standard InChI is InChI=1S/C7H16N2O.C2H6/c1-3-9(6-7-10)5-4-8-2;1-2/h7-8H,3-6H2,1-2H3;1-2H3. The number of carbonyl (C=O) groups is 1. The van der Waals surface area contributed by atoms with Crippen molar-refractivity contribution in [2.75, 3.05) is 33.2 Å². The van der Waals surface area contributed by atoms with Gasteiger partial charge in [-0.15, -0.1) is 0 Å². The Kier molecular flexibility index (Phi) is 15.5. The van der Waals surface area contributed by atoms with Gasteiger partial charge in [-0.2, -0.15) is 0 Å². The van der Waals surface area contributed by atoms with Crippen molar-refractivity contribution < 1.29 is 4.79 Å². The third-order valence-corrected chi connectivity index (χ3v) is 1.46. The Hall–Kier alpha value is -0.410. The van der Waals surface area contributed by atoms with Gasteiger partial charge in [-0.3, -0.25) is 4.90 Å². The van der Waals surface area contributed by atoms with E-state index < -0.39 is 0 Å². The number of nitrogens with zero attached hydrogens (tertiary/aromatic N) is 1. The third kappa shape index (κ3) is 9.59. The van der Waals surface area contributed by atoms with E-state index in [1.807, 2.05) is 20.9 Å². The Labute approximate surface area is 76.1 Å². The lowest BCUT2D eigenvalue weighted by Crippen LogP contribution is -2.31. The van der Waals surface area contributed by atoms with Crippen LogP contribution in [0.15, 0.2) is 0 Å². The number of likely N-dealkylation sites (N-methyl/N-ethyl adjacent to an activating group) is 2. The van der Waals surface area contributed by atoms with Crippen LogP contribution in [-0.2, 0) is 4.79 Å². The van der Waals surface area contributed by atoms with Crippen LogP contribution < -0.4 is 5.32 Å². The van der Waals surface area contributed by atoms with Crippen molar-refractivity contribution in [1.29, 1.82) is 0 Å². The van der Waals surface area contributed by atoms with Crippen LogP contribution in [-0.4, -0.2) is 44.4 Å².